The first-order valence-corrected chi connectivity index (χ1v) is 7.10. The molecule has 0 aromatic carbocycles. The van der Waals surface area contributed by atoms with Gasteiger partial charge in [0.1, 0.15) is 0 Å². The van der Waals surface area contributed by atoms with Gasteiger partial charge in [0.25, 0.3) is 0 Å². The highest BCUT2D eigenvalue weighted by atomic mass is 32.2. The number of nitrogens with zero attached hydrogens (tertiary/aromatic N) is 2. The summed E-state index contributed by atoms with van der Waals surface area (Å²) >= 11 is 1.81. The van der Waals surface area contributed by atoms with Gasteiger partial charge in [-0.3, -0.25) is 10.1 Å². The van der Waals surface area contributed by atoms with Crippen LogP contribution in [0.4, 0.5) is 0 Å². The van der Waals surface area contributed by atoms with Crippen LogP contribution in [-0.2, 0) is 4.79 Å². The summed E-state index contributed by atoms with van der Waals surface area (Å²) < 4.78 is 0. The Balaban J connectivity index is 1.81. The van der Waals surface area contributed by atoms with Crippen LogP contribution in [0.25, 0.3) is 0 Å². The first-order chi connectivity index (χ1) is 7.68. The van der Waals surface area contributed by atoms with E-state index in [1.807, 2.05) is 16.7 Å². The van der Waals surface area contributed by atoms with Crippen LogP contribution in [0.2, 0.25) is 0 Å². The van der Waals surface area contributed by atoms with Gasteiger partial charge in [0.05, 0.1) is 6.04 Å². The van der Waals surface area contributed by atoms with Gasteiger partial charge >= 0.3 is 0 Å². The van der Waals surface area contributed by atoms with Gasteiger partial charge in [-0.25, -0.2) is 0 Å². The van der Waals surface area contributed by atoms with Gasteiger partial charge in [0.15, 0.2) is 0 Å². The molecule has 16 heavy (non-hydrogen) atoms. The number of likely N-dealkylation sites (tertiary alicyclic amines) is 1. The van der Waals surface area contributed by atoms with Crippen molar-refractivity contribution in [2.75, 3.05) is 38.8 Å². The van der Waals surface area contributed by atoms with Crippen molar-refractivity contribution in [1.29, 1.82) is 0 Å². The van der Waals surface area contributed by atoms with Gasteiger partial charge in [-0.2, -0.15) is 0 Å². The molecular weight excluding hydrogens is 222 g/mol. The minimum absolute atomic E-state index is 0.0703. The first-order valence-electron chi connectivity index (χ1n) is 5.95. The molecule has 2 heterocycles. The Morgan fingerprint density at radius 2 is 2.06 bits per heavy atom. The second-order valence-electron chi connectivity index (χ2n) is 4.79. The van der Waals surface area contributed by atoms with Crippen LogP contribution < -0.4 is 5.32 Å². The normalized spacial score (nSPS) is 27.7. The molecule has 0 radical (unpaired) electrons. The quantitative estimate of drug-likeness (QED) is 0.752. The van der Waals surface area contributed by atoms with Crippen LogP contribution in [0.5, 0.6) is 0 Å². The standard InChI is InChI=1S/C11H21N3OS/c1-13(2)9-3-5-14(6-4-9)11(15)10-7-16-8-12-10/h9-10,12H,3-8H2,1-2H3. The third-order valence-electron chi connectivity index (χ3n) is 3.52. The number of nitrogens with one attached hydrogen (secondary N) is 1. The van der Waals surface area contributed by atoms with E-state index in [1.54, 1.807) is 0 Å². The average Bonchev–Trinajstić information content (AvgIpc) is 2.81. The topological polar surface area (TPSA) is 35.6 Å². The zero-order chi connectivity index (χ0) is 11.5. The summed E-state index contributed by atoms with van der Waals surface area (Å²) in [7, 11) is 4.24. The smallest absolute Gasteiger partial charge is 0.240 e. The number of carbonyl (C=O) groups excluding carboxylic acids is 1. The molecule has 0 aliphatic carbocycles. The first kappa shape index (κ1) is 12.2. The summed E-state index contributed by atoms with van der Waals surface area (Å²) in [6, 6.07) is 0.718. The molecule has 1 atom stereocenters. The minimum Gasteiger partial charge on any atom is -0.341 e. The molecule has 2 aliphatic heterocycles. The molecule has 4 nitrogen and oxygen atoms in total. The Hall–Kier alpha value is -0.260. The van der Waals surface area contributed by atoms with Gasteiger partial charge in [-0.15, -0.1) is 11.8 Å². The van der Waals surface area contributed by atoms with Crippen LogP contribution in [0.3, 0.4) is 0 Å². The third kappa shape index (κ3) is 2.70. The van der Waals surface area contributed by atoms with Crippen LogP contribution in [0, 0.1) is 0 Å². The molecule has 92 valence electrons. The van der Waals surface area contributed by atoms with Crippen molar-refractivity contribution < 1.29 is 4.79 Å². The van der Waals surface area contributed by atoms with Gasteiger partial charge in [-0.1, -0.05) is 0 Å². The molecule has 0 spiro atoms. The molecule has 0 bridgehead atoms. The van der Waals surface area contributed by atoms with E-state index in [-0.39, 0.29) is 6.04 Å². The van der Waals surface area contributed by atoms with E-state index in [0.717, 1.165) is 37.6 Å². The summed E-state index contributed by atoms with van der Waals surface area (Å²) in [6.07, 6.45) is 2.22. The van der Waals surface area contributed by atoms with E-state index in [1.165, 1.54) is 0 Å². The van der Waals surface area contributed by atoms with Crippen molar-refractivity contribution in [2.24, 2.45) is 0 Å². The lowest BCUT2D eigenvalue weighted by molar-refractivity contribution is -0.134. The second kappa shape index (κ2) is 5.38. The van der Waals surface area contributed by atoms with Gasteiger partial charge in [0, 0.05) is 30.8 Å². The van der Waals surface area contributed by atoms with E-state index in [2.05, 4.69) is 24.3 Å². The molecule has 2 rings (SSSR count). The van der Waals surface area contributed by atoms with Crippen molar-refractivity contribution in [3.8, 4) is 0 Å². The van der Waals surface area contributed by atoms with Crippen LogP contribution in [0.1, 0.15) is 12.8 Å². The molecule has 1 N–H and O–H groups in total. The minimum atomic E-state index is 0.0703. The number of hydrogen-bond acceptors (Lipinski definition) is 4. The average molecular weight is 243 g/mol. The maximum absolute atomic E-state index is 12.1. The lowest BCUT2D eigenvalue weighted by Gasteiger charge is -2.36. The summed E-state index contributed by atoms with van der Waals surface area (Å²) in [5.74, 6) is 2.17. The highest BCUT2D eigenvalue weighted by Gasteiger charge is 2.30. The number of rotatable bonds is 2. The molecular formula is C11H21N3OS. The fraction of sp³-hybridized carbons (Fsp3) is 0.909. The Labute approximate surface area is 102 Å². The second-order valence-corrected chi connectivity index (χ2v) is 5.82. The van der Waals surface area contributed by atoms with Crippen LogP contribution in [-0.4, -0.2) is 66.6 Å². The Bertz CT molecular complexity index is 246. The van der Waals surface area contributed by atoms with E-state index in [4.69, 9.17) is 0 Å². The molecule has 2 saturated heterocycles. The van der Waals surface area contributed by atoms with E-state index < -0.39 is 0 Å². The predicted molar refractivity (Wildman–Crippen MR) is 67.5 cm³/mol. The lowest BCUT2D eigenvalue weighted by atomic mass is 10.0. The van der Waals surface area contributed by atoms with Crippen molar-refractivity contribution in [3.63, 3.8) is 0 Å². The molecule has 0 aromatic rings. The number of carbonyl (C=O) groups is 1. The van der Waals surface area contributed by atoms with E-state index >= 15 is 0 Å². The largest absolute Gasteiger partial charge is 0.341 e. The van der Waals surface area contributed by atoms with Crippen molar-refractivity contribution >= 4 is 17.7 Å². The summed E-state index contributed by atoms with van der Waals surface area (Å²) in [5.41, 5.74) is 0. The monoisotopic (exact) mass is 243 g/mol. The van der Waals surface area contributed by atoms with Gasteiger partial charge in [-0.05, 0) is 26.9 Å². The molecule has 2 aliphatic rings. The van der Waals surface area contributed by atoms with Gasteiger partial charge in [0.2, 0.25) is 5.91 Å². The number of thioether (sulfide) groups is 1. The highest BCUT2D eigenvalue weighted by Crippen LogP contribution is 2.17. The van der Waals surface area contributed by atoms with Crippen molar-refractivity contribution in [3.05, 3.63) is 0 Å². The fourth-order valence-electron chi connectivity index (χ4n) is 2.38. The number of piperidine rings is 1. The number of hydrogen-bond donors (Lipinski definition) is 1. The van der Waals surface area contributed by atoms with Crippen LogP contribution >= 0.6 is 11.8 Å². The molecule has 1 amide bonds. The van der Waals surface area contributed by atoms with E-state index in [0.29, 0.717) is 11.9 Å². The summed E-state index contributed by atoms with van der Waals surface area (Å²) in [6.45, 7) is 1.84. The predicted octanol–water partition coefficient (Wildman–Crippen LogP) is 0.202. The van der Waals surface area contributed by atoms with Crippen LogP contribution in [0.15, 0.2) is 0 Å². The molecule has 1 unspecified atom stereocenters. The molecule has 2 fully saturated rings. The Morgan fingerprint density at radius 1 is 1.38 bits per heavy atom. The third-order valence-corrected chi connectivity index (χ3v) is 4.46. The summed E-state index contributed by atoms with van der Waals surface area (Å²) in [4.78, 5) is 16.4. The summed E-state index contributed by atoms with van der Waals surface area (Å²) in [5, 5.41) is 3.25. The number of amides is 1. The SMILES string of the molecule is CN(C)C1CCN(C(=O)C2CSCN2)CC1. The zero-order valence-corrected chi connectivity index (χ0v) is 10.9. The maximum atomic E-state index is 12.1. The molecule has 0 saturated carbocycles. The lowest BCUT2D eigenvalue weighted by Crippen LogP contribution is -2.50. The Kier molecular flexibility index (Phi) is 4.10. The van der Waals surface area contributed by atoms with Gasteiger partial charge < -0.3 is 9.80 Å². The molecule has 5 heteroatoms. The molecule has 0 aromatic heterocycles. The van der Waals surface area contributed by atoms with Crippen molar-refractivity contribution in [2.45, 2.75) is 24.9 Å². The Morgan fingerprint density at radius 3 is 2.56 bits per heavy atom. The zero-order valence-electron chi connectivity index (χ0n) is 10.1. The van der Waals surface area contributed by atoms with E-state index in [9.17, 15) is 4.79 Å². The van der Waals surface area contributed by atoms with Crippen molar-refractivity contribution in [1.82, 2.24) is 15.1 Å². The fourth-order valence-corrected chi connectivity index (χ4v) is 3.31. The maximum Gasteiger partial charge on any atom is 0.240 e. The highest BCUT2D eigenvalue weighted by molar-refractivity contribution is 7.99.